The van der Waals surface area contributed by atoms with Crippen LogP contribution in [0.2, 0.25) is 0 Å². The molecule has 2 amide bonds. The first-order valence-corrected chi connectivity index (χ1v) is 10.4. The molecule has 2 fully saturated rings. The molecule has 0 aliphatic carbocycles. The molecule has 7 nitrogen and oxygen atoms in total. The summed E-state index contributed by atoms with van der Waals surface area (Å²) in [5.41, 5.74) is 2.27. The van der Waals surface area contributed by atoms with E-state index in [2.05, 4.69) is 20.2 Å². The lowest BCUT2D eigenvalue weighted by Gasteiger charge is -2.33. The SMILES string of the molecule is Cc1ccccc1N1CCCC(NC(=O)c2ccnc(N3CCCCC3)n2)C1=O. The summed E-state index contributed by atoms with van der Waals surface area (Å²) in [5, 5.41) is 2.90. The summed E-state index contributed by atoms with van der Waals surface area (Å²) in [6.45, 7) is 4.49. The highest BCUT2D eigenvalue weighted by atomic mass is 16.2. The number of carbonyl (C=O) groups excluding carboxylic acids is 2. The molecule has 2 saturated heterocycles. The molecule has 29 heavy (non-hydrogen) atoms. The molecule has 3 heterocycles. The molecule has 1 aromatic heterocycles. The fraction of sp³-hybridized carbons (Fsp3) is 0.455. The molecule has 0 radical (unpaired) electrons. The van der Waals surface area contributed by atoms with Crippen LogP contribution >= 0.6 is 0 Å². The fourth-order valence-corrected chi connectivity index (χ4v) is 4.07. The van der Waals surface area contributed by atoms with Crippen LogP contribution in [-0.4, -0.2) is 47.5 Å². The first-order valence-electron chi connectivity index (χ1n) is 10.4. The van der Waals surface area contributed by atoms with Crippen molar-refractivity contribution in [1.29, 1.82) is 0 Å². The van der Waals surface area contributed by atoms with Gasteiger partial charge >= 0.3 is 0 Å². The van der Waals surface area contributed by atoms with Gasteiger partial charge in [-0.1, -0.05) is 18.2 Å². The van der Waals surface area contributed by atoms with Crippen LogP contribution < -0.4 is 15.1 Å². The van der Waals surface area contributed by atoms with Crippen molar-refractivity contribution >= 4 is 23.5 Å². The van der Waals surface area contributed by atoms with Gasteiger partial charge in [-0.3, -0.25) is 9.59 Å². The Morgan fingerprint density at radius 1 is 1.07 bits per heavy atom. The van der Waals surface area contributed by atoms with Gasteiger partial charge in [0, 0.05) is 31.5 Å². The van der Waals surface area contributed by atoms with Crippen LogP contribution in [0, 0.1) is 6.92 Å². The Hall–Kier alpha value is -2.96. The average Bonchev–Trinajstić information content (AvgIpc) is 2.76. The van der Waals surface area contributed by atoms with E-state index in [0.717, 1.165) is 43.6 Å². The predicted octanol–water partition coefficient (Wildman–Crippen LogP) is 2.70. The maximum atomic E-state index is 13.0. The van der Waals surface area contributed by atoms with E-state index in [1.54, 1.807) is 17.2 Å². The molecule has 0 bridgehead atoms. The fourth-order valence-electron chi connectivity index (χ4n) is 4.07. The number of hydrogen-bond acceptors (Lipinski definition) is 5. The van der Waals surface area contributed by atoms with Crippen molar-refractivity contribution in [3.63, 3.8) is 0 Å². The maximum absolute atomic E-state index is 13.0. The lowest BCUT2D eigenvalue weighted by atomic mass is 10.0. The molecule has 0 spiro atoms. The van der Waals surface area contributed by atoms with Crippen molar-refractivity contribution in [2.45, 2.75) is 45.1 Å². The summed E-state index contributed by atoms with van der Waals surface area (Å²) in [4.78, 5) is 38.5. The van der Waals surface area contributed by atoms with E-state index >= 15 is 0 Å². The van der Waals surface area contributed by atoms with Crippen LogP contribution in [0.15, 0.2) is 36.5 Å². The molecule has 2 aromatic rings. The molecular weight excluding hydrogens is 366 g/mol. The molecule has 1 N–H and O–H groups in total. The quantitative estimate of drug-likeness (QED) is 0.864. The third kappa shape index (κ3) is 4.23. The topological polar surface area (TPSA) is 78.4 Å². The number of aryl methyl sites for hydroxylation is 1. The number of carbonyl (C=O) groups is 2. The zero-order chi connectivity index (χ0) is 20.2. The Bertz CT molecular complexity index is 894. The van der Waals surface area contributed by atoms with E-state index < -0.39 is 6.04 Å². The summed E-state index contributed by atoms with van der Waals surface area (Å²) >= 11 is 0. The van der Waals surface area contributed by atoms with Crippen LogP contribution in [0.25, 0.3) is 0 Å². The number of aromatic nitrogens is 2. The van der Waals surface area contributed by atoms with Crippen molar-refractivity contribution in [3.8, 4) is 0 Å². The van der Waals surface area contributed by atoms with Crippen LogP contribution in [0.4, 0.5) is 11.6 Å². The first kappa shape index (κ1) is 19.4. The van der Waals surface area contributed by atoms with Gasteiger partial charge in [-0.25, -0.2) is 9.97 Å². The monoisotopic (exact) mass is 393 g/mol. The number of anilines is 2. The van der Waals surface area contributed by atoms with Crippen LogP contribution in [0.1, 0.15) is 48.2 Å². The number of rotatable bonds is 4. The third-order valence-corrected chi connectivity index (χ3v) is 5.66. The van der Waals surface area contributed by atoms with E-state index in [-0.39, 0.29) is 11.8 Å². The van der Waals surface area contributed by atoms with Crippen molar-refractivity contribution in [2.75, 3.05) is 29.4 Å². The summed E-state index contributed by atoms with van der Waals surface area (Å²) in [5.74, 6) is 0.203. The molecule has 0 saturated carbocycles. The van der Waals surface area contributed by atoms with Gasteiger partial charge in [-0.15, -0.1) is 0 Å². The minimum absolute atomic E-state index is 0.0655. The van der Waals surface area contributed by atoms with E-state index in [1.165, 1.54) is 6.42 Å². The Morgan fingerprint density at radius 2 is 1.86 bits per heavy atom. The second-order valence-corrected chi connectivity index (χ2v) is 7.73. The number of benzene rings is 1. The normalized spacial score (nSPS) is 19.9. The van der Waals surface area contributed by atoms with Gasteiger partial charge in [0.05, 0.1) is 0 Å². The number of hydrogen-bond donors (Lipinski definition) is 1. The van der Waals surface area contributed by atoms with Gasteiger partial charge in [-0.05, 0) is 56.7 Å². The van der Waals surface area contributed by atoms with Crippen molar-refractivity contribution < 1.29 is 9.59 Å². The van der Waals surface area contributed by atoms with Crippen molar-refractivity contribution in [2.24, 2.45) is 0 Å². The smallest absolute Gasteiger partial charge is 0.270 e. The van der Waals surface area contributed by atoms with Crippen LogP contribution in [-0.2, 0) is 4.79 Å². The Balaban J connectivity index is 1.46. The number of para-hydroxylation sites is 1. The molecular formula is C22H27N5O2. The Kier molecular flexibility index (Phi) is 5.74. The highest BCUT2D eigenvalue weighted by Crippen LogP contribution is 2.24. The zero-order valence-corrected chi connectivity index (χ0v) is 16.8. The zero-order valence-electron chi connectivity index (χ0n) is 16.8. The Labute approximate surface area is 171 Å². The maximum Gasteiger partial charge on any atom is 0.270 e. The highest BCUT2D eigenvalue weighted by molar-refractivity contribution is 6.02. The second kappa shape index (κ2) is 8.59. The summed E-state index contributed by atoms with van der Waals surface area (Å²) in [6, 6.07) is 8.90. The second-order valence-electron chi connectivity index (χ2n) is 7.73. The first-order chi connectivity index (χ1) is 14.1. The molecule has 1 aromatic carbocycles. The number of amides is 2. The average molecular weight is 393 g/mol. The molecule has 1 unspecified atom stereocenters. The standard InChI is InChI=1S/C22H27N5O2/c1-16-8-3-4-10-19(16)27-15-7-9-18(21(27)29)24-20(28)17-11-12-23-22(25-17)26-13-5-2-6-14-26/h3-4,8,10-12,18H,2,5-7,9,13-15H2,1H3,(H,24,28). The van der Waals surface area contributed by atoms with E-state index in [1.807, 2.05) is 31.2 Å². The largest absolute Gasteiger partial charge is 0.341 e. The van der Waals surface area contributed by atoms with E-state index in [9.17, 15) is 9.59 Å². The van der Waals surface area contributed by atoms with Gasteiger partial charge in [-0.2, -0.15) is 0 Å². The highest BCUT2D eigenvalue weighted by Gasteiger charge is 2.32. The van der Waals surface area contributed by atoms with Crippen molar-refractivity contribution in [3.05, 3.63) is 47.8 Å². The molecule has 2 aliphatic heterocycles. The van der Waals surface area contributed by atoms with Gasteiger partial charge in [0.25, 0.3) is 5.91 Å². The van der Waals surface area contributed by atoms with Gasteiger partial charge in [0.2, 0.25) is 11.9 Å². The number of piperidine rings is 2. The van der Waals surface area contributed by atoms with Gasteiger partial charge in [0.15, 0.2) is 0 Å². The lowest BCUT2D eigenvalue weighted by molar-refractivity contribution is -0.121. The lowest BCUT2D eigenvalue weighted by Crippen LogP contribution is -2.52. The van der Waals surface area contributed by atoms with Gasteiger partial charge in [0.1, 0.15) is 11.7 Å². The predicted molar refractivity (Wildman–Crippen MR) is 112 cm³/mol. The molecule has 4 rings (SSSR count). The summed E-state index contributed by atoms with van der Waals surface area (Å²) in [7, 11) is 0. The van der Waals surface area contributed by atoms with E-state index in [0.29, 0.717) is 24.6 Å². The number of nitrogens with zero attached hydrogens (tertiary/aromatic N) is 4. The molecule has 7 heteroatoms. The van der Waals surface area contributed by atoms with E-state index in [4.69, 9.17) is 0 Å². The molecule has 1 atom stereocenters. The minimum atomic E-state index is -0.538. The molecule has 2 aliphatic rings. The summed E-state index contributed by atoms with van der Waals surface area (Å²) in [6.07, 6.45) is 6.55. The molecule has 152 valence electrons. The van der Waals surface area contributed by atoms with Crippen LogP contribution in [0.5, 0.6) is 0 Å². The van der Waals surface area contributed by atoms with Gasteiger partial charge < -0.3 is 15.1 Å². The van der Waals surface area contributed by atoms with Crippen molar-refractivity contribution in [1.82, 2.24) is 15.3 Å². The van der Waals surface area contributed by atoms with Crippen LogP contribution in [0.3, 0.4) is 0 Å². The number of nitrogens with one attached hydrogen (secondary N) is 1. The Morgan fingerprint density at radius 3 is 2.66 bits per heavy atom. The third-order valence-electron chi connectivity index (χ3n) is 5.66. The minimum Gasteiger partial charge on any atom is -0.341 e. The summed E-state index contributed by atoms with van der Waals surface area (Å²) < 4.78 is 0.